The lowest BCUT2D eigenvalue weighted by Gasteiger charge is -2.56. The Bertz CT molecular complexity index is 746. The number of benzene rings is 1. The van der Waals surface area contributed by atoms with Crippen LogP contribution in [0.3, 0.4) is 0 Å². The van der Waals surface area contributed by atoms with Crippen molar-refractivity contribution >= 4 is 6.29 Å². The summed E-state index contributed by atoms with van der Waals surface area (Å²) in [4.78, 5) is 14.4. The summed E-state index contributed by atoms with van der Waals surface area (Å²) in [6.45, 7) is 5.05. The molecule has 0 radical (unpaired) electrons. The topological polar surface area (TPSA) is 70.0 Å². The molecule has 1 saturated carbocycles. The van der Waals surface area contributed by atoms with Crippen LogP contribution in [0.5, 0.6) is 11.5 Å². The molecule has 3 unspecified atom stereocenters. The molecule has 3 aliphatic rings. The molecule has 5 heteroatoms. The lowest BCUT2D eigenvalue weighted by molar-refractivity contribution is -0.145. The highest BCUT2D eigenvalue weighted by Gasteiger charge is 2.67. The van der Waals surface area contributed by atoms with E-state index >= 15 is 0 Å². The third-order valence-corrected chi connectivity index (χ3v) is 7.22. The van der Waals surface area contributed by atoms with Crippen molar-refractivity contribution in [2.45, 2.75) is 75.5 Å². The molecule has 5 nitrogen and oxygen atoms in total. The van der Waals surface area contributed by atoms with Crippen molar-refractivity contribution < 1.29 is 19.7 Å². The number of rotatable bonds is 7. The fourth-order valence-corrected chi connectivity index (χ4v) is 5.83. The maximum Gasteiger partial charge on any atom is 0.166 e. The van der Waals surface area contributed by atoms with E-state index in [1.54, 1.807) is 6.07 Å². The molecule has 148 valence electrons. The van der Waals surface area contributed by atoms with Gasteiger partial charge in [0.25, 0.3) is 0 Å². The maximum absolute atomic E-state index is 12.2. The van der Waals surface area contributed by atoms with Gasteiger partial charge in [0.2, 0.25) is 0 Å². The summed E-state index contributed by atoms with van der Waals surface area (Å²) in [6, 6.07) is 3.53. The SMILES string of the molecule is CCC[C@@]12c3c(ccc(O)c3OC1C=O)CC(N(C)CC1CC1)C2(O)CC. The molecule has 0 aromatic heterocycles. The Morgan fingerprint density at radius 1 is 1.33 bits per heavy atom. The fraction of sp³-hybridized carbons (Fsp3) is 0.682. The molecule has 1 aliphatic heterocycles. The monoisotopic (exact) mass is 373 g/mol. The number of hydrogen-bond donors (Lipinski definition) is 2. The van der Waals surface area contributed by atoms with Crippen LogP contribution in [0.4, 0.5) is 0 Å². The van der Waals surface area contributed by atoms with Crippen LogP contribution in [0.2, 0.25) is 0 Å². The zero-order valence-electron chi connectivity index (χ0n) is 16.6. The molecule has 4 rings (SSSR count). The van der Waals surface area contributed by atoms with Crippen molar-refractivity contribution in [3.8, 4) is 11.5 Å². The van der Waals surface area contributed by atoms with Gasteiger partial charge in [0.05, 0.1) is 11.0 Å². The second-order valence-electron chi connectivity index (χ2n) is 8.72. The van der Waals surface area contributed by atoms with Gasteiger partial charge in [-0.05, 0) is 56.7 Å². The first kappa shape index (κ1) is 18.8. The second kappa shape index (κ2) is 6.49. The minimum atomic E-state index is -1.09. The lowest BCUT2D eigenvalue weighted by atomic mass is 9.54. The lowest BCUT2D eigenvalue weighted by Crippen LogP contribution is -2.69. The second-order valence-corrected chi connectivity index (χ2v) is 8.72. The van der Waals surface area contributed by atoms with Crippen LogP contribution in [0.25, 0.3) is 0 Å². The van der Waals surface area contributed by atoms with E-state index in [2.05, 4.69) is 18.9 Å². The standard InChI is InChI=1S/C22H31NO4/c1-4-10-21-18(13-24)27-20-16(25)9-8-15(19(20)21)11-17(22(21,26)5-2)23(3)12-14-6-7-14/h8-9,13-14,17-18,25-26H,4-7,10-12H2,1-3H3/t17?,18?,21-,22?/m0/s1. The minimum Gasteiger partial charge on any atom is -0.504 e. The molecule has 0 bridgehead atoms. The van der Waals surface area contributed by atoms with E-state index in [4.69, 9.17) is 4.74 Å². The number of aromatic hydroxyl groups is 1. The molecule has 1 aromatic rings. The van der Waals surface area contributed by atoms with Crippen LogP contribution in [0.15, 0.2) is 12.1 Å². The van der Waals surface area contributed by atoms with E-state index < -0.39 is 17.1 Å². The Morgan fingerprint density at radius 2 is 2.07 bits per heavy atom. The number of phenolic OH excluding ortho intramolecular Hbond substituents is 1. The average molecular weight is 373 g/mol. The highest BCUT2D eigenvalue weighted by atomic mass is 16.5. The molecule has 1 aromatic carbocycles. The predicted molar refractivity (Wildman–Crippen MR) is 103 cm³/mol. The summed E-state index contributed by atoms with van der Waals surface area (Å²) in [7, 11) is 2.10. The number of hydrogen-bond acceptors (Lipinski definition) is 5. The highest BCUT2D eigenvalue weighted by Crippen LogP contribution is 2.61. The van der Waals surface area contributed by atoms with Crippen LogP contribution in [-0.2, 0) is 16.6 Å². The summed E-state index contributed by atoms with van der Waals surface area (Å²) >= 11 is 0. The first-order chi connectivity index (χ1) is 12.9. The van der Waals surface area contributed by atoms with Crippen LogP contribution in [-0.4, -0.2) is 52.7 Å². The van der Waals surface area contributed by atoms with Gasteiger partial charge < -0.3 is 14.9 Å². The van der Waals surface area contributed by atoms with Crippen molar-refractivity contribution in [3.05, 3.63) is 23.3 Å². The van der Waals surface area contributed by atoms with Gasteiger partial charge in [0.1, 0.15) is 0 Å². The Kier molecular flexibility index (Phi) is 4.51. The summed E-state index contributed by atoms with van der Waals surface area (Å²) < 4.78 is 5.99. The van der Waals surface area contributed by atoms with Gasteiger partial charge >= 0.3 is 0 Å². The number of carbonyl (C=O) groups excluding carboxylic acids is 1. The molecule has 27 heavy (non-hydrogen) atoms. The van der Waals surface area contributed by atoms with Crippen molar-refractivity contribution in [1.82, 2.24) is 4.90 Å². The normalized spacial score (nSPS) is 34.4. The molecule has 0 amide bonds. The highest BCUT2D eigenvalue weighted by molar-refractivity contribution is 5.71. The van der Waals surface area contributed by atoms with Gasteiger partial charge in [-0.3, -0.25) is 9.69 Å². The Labute approximate surface area is 161 Å². The molecule has 0 saturated heterocycles. The number of carbonyl (C=O) groups is 1. The summed E-state index contributed by atoms with van der Waals surface area (Å²) in [5, 5.41) is 22.6. The first-order valence-electron chi connectivity index (χ1n) is 10.3. The van der Waals surface area contributed by atoms with E-state index in [0.29, 0.717) is 25.0 Å². The molecular formula is C22H31NO4. The Balaban J connectivity index is 1.92. The molecule has 2 aliphatic carbocycles. The van der Waals surface area contributed by atoms with Gasteiger partial charge in [0, 0.05) is 18.2 Å². The molecule has 4 atom stereocenters. The van der Waals surface area contributed by atoms with Crippen LogP contribution < -0.4 is 4.74 Å². The predicted octanol–water partition coefficient (Wildman–Crippen LogP) is 2.80. The maximum atomic E-state index is 12.2. The van der Waals surface area contributed by atoms with Crippen molar-refractivity contribution in [2.75, 3.05) is 13.6 Å². The fourth-order valence-electron chi connectivity index (χ4n) is 5.83. The van der Waals surface area contributed by atoms with Gasteiger partial charge in [-0.1, -0.05) is 26.3 Å². The third-order valence-electron chi connectivity index (χ3n) is 7.22. The zero-order valence-corrected chi connectivity index (χ0v) is 16.6. The van der Waals surface area contributed by atoms with Gasteiger partial charge in [0.15, 0.2) is 23.9 Å². The molecule has 1 heterocycles. The van der Waals surface area contributed by atoms with Crippen molar-refractivity contribution in [1.29, 1.82) is 0 Å². The summed E-state index contributed by atoms with van der Waals surface area (Å²) in [6.07, 6.45) is 5.28. The number of ether oxygens (including phenoxy) is 1. The molecular weight excluding hydrogens is 342 g/mol. The van der Waals surface area contributed by atoms with E-state index in [1.165, 1.54) is 12.8 Å². The van der Waals surface area contributed by atoms with E-state index in [1.807, 2.05) is 13.0 Å². The van der Waals surface area contributed by atoms with Gasteiger partial charge in [-0.25, -0.2) is 0 Å². The number of aldehydes is 1. The zero-order chi connectivity index (χ0) is 19.4. The molecule has 0 spiro atoms. The average Bonchev–Trinajstić information content (AvgIpc) is 3.40. The van der Waals surface area contributed by atoms with E-state index in [-0.39, 0.29) is 11.8 Å². The quantitative estimate of drug-likeness (QED) is 0.719. The van der Waals surface area contributed by atoms with Crippen molar-refractivity contribution in [2.24, 2.45) is 5.92 Å². The van der Waals surface area contributed by atoms with E-state index in [0.717, 1.165) is 36.3 Å². The number of phenols is 1. The Morgan fingerprint density at radius 3 is 2.67 bits per heavy atom. The van der Waals surface area contributed by atoms with Crippen LogP contribution in [0.1, 0.15) is 57.1 Å². The van der Waals surface area contributed by atoms with Crippen LogP contribution in [0, 0.1) is 5.92 Å². The van der Waals surface area contributed by atoms with E-state index in [9.17, 15) is 15.0 Å². The number of likely N-dealkylation sites (N-methyl/N-ethyl adjacent to an activating group) is 1. The first-order valence-corrected chi connectivity index (χ1v) is 10.3. The van der Waals surface area contributed by atoms with Gasteiger partial charge in [-0.15, -0.1) is 0 Å². The summed E-state index contributed by atoms with van der Waals surface area (Å²) in [5.74, 6) is 1.17. The number of nitrogens with zero attached hydrogens (tertiary/aromatic N) is 1. The third kappa shape index (κ3) is 2.47. The smallest absolute Gasteiger partial charge is 0.166 e. The molecule has 2 N–H and O–H groups in total. The minimum absolute atomic E-state index is 0.0572. The largest absolute Gasteiger partial charge is 0.504 e. The summed E-state index contributed by atoms with van der Waals surface area (Å²) in [5.41, 5.74) is 0.0420. The Hall–Kier alpha value is -1.59. The van der Waals surface area contributed by atoms with Crippen molar-refractivity contribution in [3.63, 3.8) is 0 Å². The van der Waals surface area contributed by atoms with Crippen LogP contribution >= 0.6 is 0 Å². The van der Waals surface area contributed by atoms with Gasteiger partial charge in [-0.2, -0.15) is 0 Å². The molecule has 1 fully saturated rings. The number of aliphatic hydroxyl groups is 1.